The summed E-state index contributed by atoms with van der Waals surface area (Å²) in [5, 5.41) is 7.87. The van der Waals surface area contributed by atoms with Gasteiger partial charge in [0.25, 0.3) is 0 Å². The second-order valence-electron chi connectivity index (χ2n) is 3.81. The van der Waals surface area contributed by atoms with Gasteiger partial charge in [-0.25, -0.2) is 8.78 Å². The Bertz CT molecular complexity index is 736. The Morgan fingerprint density at radius 1 is 1.06 bits per heavy atom. The Morgan fingerprint density at radius 3 is 2.67 bits per heavy atom. The summed E-state index contributed by atoms with van der Waals surface area (Å²) in [4.78, 5) is 0. The first-order valence-electron chi connectivity index (χ1n) is 5.21. The zero-order valence-corrected chi connectivity index (χ0v) is 9.14. The molecule has 0 fully saturated rings. The maximum absolute atomic E-state index is 13.3. The average Bonchev–Trinajstić information content (AvgIpc) is 2.78. The van der Waals surface area contributed by atoms with Crippen molar-refractivity contribution in [2.45, 2.75) is 0 Å². The molecule has 2 heterocycles. The number of hydrogen-bond acceptors (Lipinski definition) is 3. The molecule has 0 radical (unpaired) electrons. The molecule has 0 bridgehead atoms. The van der Waals surface area contributed by atoms with Crippen molar-refractivity contribution in [2.75, 3.05) is 5.73 Å². The van der Waals surface area contributed by atoms with Crippen LogP contribution in [0.3, 0.4) is 0 Å². The molecule has 0 spiro atoms. The standard InChI is InChI=1S/C12H8F2N4/c13-8-5-7(10(15)6-9(8)14)12-17-16-11-3-1-2-4-18(11)12/h1-6H,15H2. The summed E-state index contributed by atoms with van der Waals surface area (Å²) in [5.41, 5.74) is 6.72. The second kappa shape index (κ2) is 3.76. The Kier molecular flexibility index (Phi) is 2.22. The van der Waals surface area contributed by atoms with Crippen LogP contribution in [0.15, 0.2) is 36.5 Å². The summed E-state index contributed by atoms with van der Waals surface area (Å²) >= 11 is 0. The quantitative estimate of drug-likeness (QED) is 0.670. The maximum atomic E-state index is 13.3. The van der Waals surface area contributed by atoms with E-state index in [1.165, 1.54) is 0 Å². The first kappa shape index (κ1) is 10.6. The highest BCUT2D eigenvalue weighted by atomic mass is 19.2. The van der Waals surface area contributed by atoms with Crippen LogP contribution in [0.2, 0.25) is 0 Å². The Labute approximate surface area is 101 Å². The van der Waals surface area contributed by atoms with Crippen molar-refractivity contribution in [1.29, 1.82) is 0 Å². The lowest BCUT2D eigenvalue weighted by molar-refractivity contribution is 0.509. The number of nitrogen functional groups attached to an aromatic ring is 1. The highest BCUT2D eigenvalue weighted by molar-refractivity contribution is 5.73. The number of nitrogens with zero attached hydrogens (tertiary/aromatic N) is 3. The number of fused-ring (bicyclic) bond motifs is 1. The molecule has 0 unspecified atom stereocenters. The number of anilines is 1. The molecule has 0 saturated heterocycles. The van der Waals surface area contributed by atoms with E-state index in [4.69, 9.17) is 5.73 Å². The number of aromatic nitrogens is 3. The number of benzene rings is 1. The lowest BCUT2D eigenvalue weighted by Gasteiger charge is -2.04. The van der Waals surface area contributed by atoms with Gasteiger partial charge in [-0.05, 0) is 18.2 Å². The van der Waals surface area contributed by atoms with Crippen LogP contribution in [-0.2, 0) is 0 Å². The van der Waals surface area contributed by atoms with Gasteiger partial charge in [-0.1, -0.05) is 6.07 Å². The van der Waals surface area contributed by atoms with Crippen molar-refractivity contribution in [2.24, 2.45) is 0 Å². The van der Waals surface area contributed by atoms with Crippen LogP contribution in [-0.4, -0.2) is 14.6 Å². The molecule has 0 aliphatic heterocycles. The highest BCUT2D eigenvalue weighted by Gasteiger charge is 2.14. The van der Waals surface area contributed by atoms with Gasteiger partial charge in [0.15, 0.2) is 23.1 Å². The smallest absolute Gasteiger partial charge is 0.170 e. The lowest BCUT2D eigenvalue weighted by Crippen LogP contribution is -1.97. The van der Waals surface area contributed by atoms with Gasteiger partial charge in [0.1, 0.15) is 0 Å². The summed E-state index contributed by atoms with van der Waals surface area (Å²) in [5.74, 6) is -1.57. The molecule has 2 N–H and O–H groups in total. The Hall–Kier alpha value is -2.50. The normalized spacial score (nSPS) is 11.0. The van der Waals surface area contributed by atoms with Crippen LogP contribution in [0.1, 0.15) is 0 Å². The van der Waals surface area contributed by atoms with E-state index in [1.807, 2.05) is 6.07 Å². The van der Waals surface area contributed by atoms with Crippen molar-refractivity contribution < 1.29 is 8.78 Å². The molecule has 90 valence electrons. The first-order chi connectivity index (χ1) is 8.66. The number of pyridine rings is 1. The highest BCUT2D eigenvalue weighted by Crippen LogP contribution is 2.26. The third kappa shape index (κ3) is 1.50. The van der Waals surface area contributed by atoms with Gasteiger partial charge >= 0.3 is 0 Å². The molecule has 0 atom stereocenters. The predicted octanol–water partition coefficient (Wildman–Crippen LogP) is 2.26. The van der Waals surface area contributed by atoms with Crippen LogP contribution in [0.5, 0.6) is 0 Å². The minimum Gasteiger partial charge on any atom is -0.398 e. The molecule has 6 heteroatoms. The van der Waals surface area contributed by atoms with E-state index in [-0.39, 0.29) is 5.69 Å². The summed E-state index contributed by atoms with van der Waals surface area (Å²) in [7, 11) is 0. The van der Waals surface area contributed by atoms with Gasteiger partial charge in [0.05, 0.1) is 0 Å². The SMILES string of the molecule is Nc1cc(F)c(F)cc1-c1nnc2ccccn12. The molecular formula is C12H8F2N4. The molecule has 4 nitrogen and oxygen atoms in total. The van der Waals surface area contributed by atoms with Gasteiger partial charge in [-0.2, -0.15) is 0 Å². The summed E-state index contributed by atoms with van der Waals surface area (Å²) in [6, 6.07) is 7.31. The van der Waals surface area contributed by atoms with E-state index in [1.54, 1.807) is 22.7 Å². The van der Waals surface area contributed by atoms with Crippen LogP contribution in [0.4, 0.5) is 14.5 Å². The van der Waals surface area contributed by atoms with Crippen LogP contribution < -0.4 is 5.73 Å². The largest absolute Gasteiger partial charge is 0.398 e. The maximum Gasteiger partial charge on any atom is 0.170 e. The van der Waals surface area contributed by atoms with Gasteiger partial charge < -0.3 is 5.73 Å². The molecule has 0 aliphatic carbocycles. The molecule has 2 aromatic heterocycles. The van der Waals surface area contributed by atoms with E-state index >= 15 is 0 Å². The van der Waals surface area contributed by atoms with Crippen molar-refractivity contribution in [1.82, 2.24) is 14.6 Å². The predicted molar refractivity (Wildman–Crippen MR) is 62.8 cm³/mol. The van der Waals surface area contributed by atoms with Crippen molar-refractivity contribution in [3.63, 3.8) is 0 Å². The van der Waals surface area contributed by atoms with Crippen molar-refractivity contribution >= 4 is 11.3 Å². The zero-order chi connectivity index (χ0) is 12.7. The minimum absolute atomic E-state index is 0.118. The monoisotopic (exact) mass is 246 g/mol. The fourth-order valence-corrected chi connectivity index (χ4v) is 1.78. The van der Waals surface area contributed by atoms with Gasteiger partial charge in [0, 0.05) is 23.5 Å². The fraction of sp³-hybridized carbons (Fsp3) is 0. The average molecular weight is 246 g/mol. The number of halogens is 2. The van der Waals surface area contributed by atoms with E-state index in [0.29, 0.717) is 17.0 Å². The topological polar surface area (TPSA) is 56.2 Å². The lowest BCUT2D eigenvalue weighted by atomic mass is 10.1. The van der Waals surface area contributed by atoms with Gasteiger partial charge in [-0.15, -0.1) is 10.2 Å². The van der Waals surface area contributed by atoms with Gasteiger partial charge in [-0.3, -0.25) is 4.40 Å². The minimum atomic E-state index is -0.981. The fourth-order valence-electron chi connectivity index (χ4n) is 1.78. The molecular weight excluding hydrogens is 238 g/mol. The first-order valence-corrected chi connectivity index (χ1v) is 5.21. The summed E-state index contributed by atoms with van der Waals surface area (Å²) in [6.07, 6.45) is 1.73. The van der Waals surface area contributed by atoms with Crippen LogP contribution in [0, 0.1) is 11.6 Å². The van der Waals surface area contributed by atoms with E-state index in [9.17, 15) is 8.78 Å². The van der Waals surface area contributed by atoms with E-state index < -0.39 is 11.6 Å². The third-order valence-corrected chi connectivity index (χ3v) is 2.65. The van der Waals surface area contributed by atoms with Crippen molar-refractivity contribution in [3.8, 4) is 11.4 Å². The molecule has 1 aromatic carbocycles. The molecule has 0 aliphatic rings. The Morgan fingerprint density at radius 2 is 1.83 bits per heavy atom. The Balaban J connectivity index is 2.29. The van der Waals surface area contributed by atoms with E-state index in [0.717, 1.165) is 12.1 Å². The second-order valence-corrected chi connectivity index (χ2v) is 3.81. The van der Waals surface area contributed by atoms with Crippen LogP contribution >= 0.6 is 0 Å². The summed E-state index contributed by atoms with van der Waals surface area (Å²) in [6.45, 7) is 0. The number of nitrogens with two attached hydrogens (primary N) is 1. The number of hydrogen-bond donors (Lipinski definition) is 1. The molecule has 0 amide bonds. The summed E-state index contributed by atoms with van der Waals surface area (Å²) < 4.78 is 27.9. The molecule has 18 heavy (non-hydrogen) atoms. The molecule has 0 saturated carbocycles. The van der Waals surface area contributed by atoms with E-state index in [2.05, 4.69) is 10.2 Å². The zero-order valence-electron chi connectivity index (χ0n) is 9.14. The van der Waals surface area contributed by atoms with Crippen LogP contribution in [0.25, 0.3) is 17.0 Å². The van der Waals surface area contributed by atoms with Crippen molar-refractivity contribution in [3.05, 3.63) is 48.2 Å². The number of rotatable bonds is 1. The molecule has 3 rings (SSSR count). The third-order valence-electron chi connectivity index (χ3n) is 2.65. The molecule has 3 aromatic rings. The van der Waals surface area contributed by atoms with Gasteiger partial charge in [0.2, 0.25) is 0 Å².